The Morgan fingerprint density at radius 3 is 3.00 bits per heavy atom. The number of rotatable bonds is 3. The van der Waals surface area contributed by atoms with Gasteiger partial charge in [-0.1, -0.05) is 17.7 Å². The van der Waals surface area contributed by atoms with Crippen LogP contribution in [0.4, 0.5) is 5.69 Å². The van der Waals surface area contributed by atoms with Crippen LogP contribution in [0.15, 0.2) is 53.3 Å². The lowest BCUT2D eigenvalue weighted by Gasteiger charge is -2.11. The molecule has 0 spiro atoms. The Balaban J connectivity index is 1.48. The van der Waals surface area contributed by atoms with E-state index >= 15 is 0 Å². The molecule has 120 valence electrons. The molecule has 2 aromatic carbocycles. The molecule has 0 bridgehead atoms. The summed E-state index contributed by atoms with van der Waals surface area (Å²) in [6.45, 7) is 0. The molecule has 0 radical (unpaired) electrons. The number of anilines is 1. The molecule has 2 heterocycles. The molecular weight excluding hydrogens is 330 g/mol. The number of fused-ring (bicyclic) bond motifs is 1. The van der Waals surface area contributed by atoms with E-state index in [1.165, 1.54) is 6.39 Å². The summed E-state index contributed by atoms with van der Waals surface area (Å²) in [6.07, 6.45) is 1.17. The monoisotopic (exact) mass is 341 g/mol. The van der Waals surface area contributed by atoms with Gasteiger partial charge >= 0.3 is 0 Å². The zero-order valence-corrected chi connectivity index (χ0v) is 13.2. The van der Waals surface area contributed by atoms with Gasteiger partial charge in [-0.25, -0.2) is 0 Å². The highest BCUT2D eigenvalue weighted by Gasteiger charge is 2.29. The second kappa shape index (κ2) is 5.98. The van der Waals surface area contributed by atoms with Crippen molar-refractivity contribution in [2.45, 2.75) is 12.5 Å². The number of carbonyl (C=O) groups is 1. The van der Waals surface area contributed by atoms with E-state index in [2.05, 4.69) is 15.5 Å². The molecule has 7 heteroatoms. The van der Waals surface area contributed by atoms with Crippen molar-refractivity contribution < 1.29 is 13.9 Å². The number of ether oxygens (including phenoxy) is 1. The van der Waals surface area contributed by atoms with Crippen LogP contribution in [0.1, 0.15) is 5.56 Å². The van der Waals surface area contributed by atoms with Gasteiger partial charge in [-0.3, -0.25) is 4.79 Å². The highest BCUT2D eigenvalue weighted by atomic mass is 35.5. The largest absolute Gasteiger partial charge is 0.480 e. The van der Waals surface area contributed by atoms with E-state index < -0.39 is 6.10 Å². The van der Waals surface area contributed by atoms with E-state index in [-0.39, 0.29) is 5.91 Å². The maximum atomic E-state index is 12.4. The zero-order chi connectivity index (χ0) is 16.5. The molecule has 0 fully saturated rings. The minimum absolute atomic E-state index is 0.218. The quantitative estimate of drug-likeness (QED) is 0.790. The molecule has 1 N–H and O–H groups in total. The number of benzene rings is 2. The molecule has 1 aliphatic heterocycles. The molecule has 6 nitrogen and oxygen atoms in total. The third-order valence-electron chi connectivity index (χ3n) is 3.73. The standard InChI is InChI=1S/C17H12ClN3O3/c18-12-4-5-14-11(6-12)8-15(24-14)16(22)20-13-3-1-2-10(7-13)17-21-19-9-23-17/h1-7,9,15H,8H2,(H,20,22). The van der Waals surface area contributed by atoms with Gasteiger partial charge in [0, 0.05) is 22.7 Å². The topological polar surface area (TPSA) is 77.3 Å². The summed E-state index contributed by atoms with van der Waals surface area (Å²) in [6, 6.07) is 12.5. The van der Waals surface area contributed by atoms with Crippen molar-refractivity contribution in [1.82, 2.24) is 10.2 Å². The Hall–Kier alpha value is -2.86. The first kappa shape index (κ1) is 14.7. The molecule has 1 unspecified atom stereocenters. The number of aromatic nitrogens is 2. The van der Waals surface area contributed by atoms with Crippen LogP contribution in [0.2, 0.25) is 5.02 Å². The Bertz CT molecular complexity index is 896. The Morgan fingerprint density at radius 1 is 1.25 bits per heavy atom. The average Bonchev–Trinajstić information content (AvgIpc) is 3.24. The van der Waals surface area contributed by atoms with Gasteiger partial charge < -0.3 is 14.5 Å². The molecule has 1 aliphatic rings. The van der Waals surface area contributed by atoms with E-state index in [9.17, 15) is 4.79 Å². The van der Waals surface area contributed by atoms with Crippen molar-refractivity contribution in [1.29, 1.82) is 0 Å². The fourth-order valence-corrected chi connectivity index (χ4v) is 2.81. The third kappa shape index (κ3) is 2.83. The molecule has 1 amide bonds. The van der Waals surface area contributed by atoms with Crippen LogP contribution in [-0.4, -0.2) is 22.2 Å². The molecule has 1 aromatic heterocycles. The maximum absolute atomic E-state index is 12.4. The van der Waals surface area contributed by atoms with Crippen LogP contribution >= 0.6 is 11.6 Å². The van der Waals surface area contributed by atoms with Gasteiger partial charge in [-0.15, -0.1) is 10.2 Å². The van der Waals surface area contributed by atoms with Gasteiger partial charge in [-0.05, 0) is 42.0 Å². The van der Waals surface area contributed by atoms with Crippen LogP contribution in [0.5, 0.6) is 5.75 Å². The van der Waals surface area contributed by atoms with Gasteiger partial charge in [0.2, 0.25) is 12.3 Å². The summed E-state index contributed by atoms with van der Waals surface area (Å²) < 4.78 is 10.8. The van der Waals surface area contributed by atoms with E-state index in [4.69, 9.17) is 20.8 Å². The molecular formula is C17H12ClN3O3. The summed E-state index contributed by atoms with van der Waals surface area (Å²) in [5.41, 5.74) is 2.29. The van der Waals surface area contributed by atoms with Crippen molar-refractivity contribution in [3.8, 4) is 17.2 Å². The van der Waals surface area contributed by atoms with Crippen LogP contribution < -0.4 is 10.1 Å². The molecule has 3 aromatic rings. The molecule has 0 saturated carbocycles. The van der Waals surface area contributed by atoms with Gasteiger partial charge in [0.15, 0.2) is 6.10 Å². The fourth-order valence-electron chi connectivity index (χ4n) is 2.61. The summed E-state index contributed by atoms with van der Waals surface area (Å²) in [5.74, 6) is 0.870. The first-order valence-corrected chi connectivity index (χ1v) is 7.69. The van der Waals surface area contributed by atoms with Crippen molar-refractivity contribution >= 4 is 23.2 Å². The molecule has 4 rings (SSSR count). The number of nitrogens with zero attached hydrogens (tertiary/aromatic N) is 2. The number of hydrogen-bond acceptors (Lipinski definition) is 5. The Labute approximate surface area is 142 Å². The summed E-state index contributed by atoms with van der Waals surface area (Å²) in [7, 11) is 0. The second-order valence-electron chi connectivity index (χ2n) is 5.38. The summed E-state index contributed by atoms with van der Waals surface area (Å²) in [5, 5.41) is 11.0. The van der Waals surface area contributed by atoms with Gasteiger partial charge in [0.05, 0.1) is 0 Å². The minimum atomic E-state index is -0.578. The average molecular weight is 342 g/mol. The molecule has 0 saturated heterocycles. The predicted molar refractivity (Wildman–Crippen MR) is 87.9 cm³/mol. The van der Waals surface area contributed by atoms with E-state index in [1.807, 2.05) is 12.1 Å². The van der Waals surface area contributed by atoms with Gasteiger partial charge in [-0.2, -0.15) is 0 Å². The highest BCUT2D eigenvalue weighted by molar-refractivity contribution is 6.30. The first-order chi connectivity index (χ1) is 11.7. The van der Waals surface area contributed by atoms with Crippen molar-refractivity contribution in [2.75, 3.05) is 5.32 Å². The van der Waals surface area contributed by atoms with Crippen LogP contribution in [-0.2, 0) is 11.2 Å². The summed E-state index contributed by atoms with van der Waals surface area (Å²) in [4.78, 5) is 12.4. The van der Waals surface area contributed by atoms with Crippen LogP contribution in [0, 0.1) is 0 Å². The minimum Gasteiger partial charge on any atom is -0.480 e. The number of hydrogen-bond donors (Lipinski definition) is 1. The van der Waals surface area contributed by atoms with Crippen molar-refractivity contribution in [3.63, 3.8) is 0 Å². The zero-order valence-electron chi connectivity index (χ0n) is 12.4. The number of halogens is 1. The second-order valence-corrected chi connectivity index (χ2v) is 5.81. The summed E-state index contributed by atoms with van der Waals surface area (Å²) >= 11 is 5.97. The SMILES string of the molecule is O=C(Nc1cccc(-c2nnco2)c1)C1Cc2cc(Cl)ccc2O1. The molecule has 1 atom stereocenters. The lowest BCUT2D eigenvalue weighted by Crippen LogP contribution is -2.31. The Morgan fingerprint density at radius 2 is 2.17 bits per heavy atom. The lowest BCUT2D eigenvalue weighted by molar-refractivity contribution is -0.122. The van der Waals surface area contributed by atoms with E-state index in [0.717, 1.165) is 11.1 Å². The molecule has 0 aliphatic carbocycles. The number of amides is 1. The van der Waals surface area contributed by atoms with Crippen molar-refractivity contribution in [3.05, 3.63) is 59.4 Å². The van der Waals surface area contributed by atoms with Gasteiger partial charge in [0.1, 0.15) is 5.75 Å². The van der Waals surface area contributed by atoms with Crippen LogP contribution in [0.3, 0.4) is 0 Å². The third-order valence-corrected chi connectivity index (χ3v) is 3.96. The van der Waals surface area contributed by atoms with Gasteiger partial charge in [0.25, 0.3) is 5.91 Å². The maximum Gasteiger partial charge on any atom is 0.265 e. The van der Waals surface area contributed by atoms with Crippen molar-refractivity contribution in [2.24, 2.45) is 0 Å². The lowest BCUT2D eigenvalue weighted by atomic mass is 10.1. The fraction of sp³-hybridized carbons (Fsp3) is 0.118. The van der Waals surface area contributed by atoms with E-state index in [1.54, 1.807) is 30.3 Å². The molecule has 24 heavy (non-hydrogen) atoms. The Kier molecular flexibility index (Phi) is 3.66. The number of nitrogens with one attached hydrogen (secondary N) is 1. The smallest absolute Gasteiger partial charge is 0.265 e. The highest BCUT2D eigenvalue weighted by Crippen LogP contribution is 2.31. The first-order valence-electron chi connectivity index (χ1n) is 7.31. The van der Waals surface area contributed by atoms with Crippen LogP contribution in [0.25, 0.3) is 11.5 Å². The predicted octanol–water partition coefficient (Wildman–Crippen LogP) is 3.33. The normalized spacial score (nSPS) is 15.6. The van der Waals surface area contributed by atoms with E-state index in [0.29, 0.717) is 28.8 Å². The number of carbonyl (C=O) groups excluding carboxylic acids is 1.